The molecule has 0 saturated carbocycles. The molecule has 0 spiro atoms. The van der Waals surface area contributed by atoms with Gasteiger partial charge >= 0.3 is 0 Å². The molecule has 0 aliphatic carbocycles. The first-order chi connectivity index (χ1) is 5.31. The molecule has 0 bridgehead atoms. The summed E-state index contributed by atoms with van der Waals surface area (Å²) in [7, 11) is 0. The van der Waals surface area contributed by atoms with Crippen molar-refractivity contribution in [3.05, 3.63) is 0 Å². The lowest BCUT2D eigenvalue weighted by Crippen LogP contribution is -1.87. The van der Waals surface area contributed by atoms with Crippen molar-refractivity contribution in [3.63, 3.8) is 0 Å². The standard InChI is InChI=1S/C9H18S2/c1-3-5-6-7-8-11-9(10)4-2/h3-8H2,1-2H3. The van der Waals surface area contributed by atoms with Crippen molar-refractivity contribution in [2.45, 2.75) is 46.0 Å². The Morgan fingerprint density at radius 2 is 1.91 bits per heavy atom. The molecule has 0 unspecified atom stereocenters. The van der Waals surface area contributed by atoms with Crippen molar-refractivity contribution in [1.29, 1.82) is 0 Å². The third-order valence-electron chi connectivity index (χ3n) is 1.55. The first-order valence-corrected chi connectivity index (χ1v) is 5.86. The molecule has 0 rings (SSSR count). The molecule has 0 aliphatic heterocycles. The Balaban J connectivity index is 2.95. The Labute approximate surface area is 80.1 Å². The summed E-state index contributed by atoms with van der Waals surface area (Å²) < 4.78 is 1.17. The van der Waals surface area contributed by atoms with Gasteiger partial charge < -0.3 is 0 Å². The van der Waals surface area contributed by atoms with Crippen LogP contribution in [-0.4, -0.2) is 9.95 Å². The lowest BCUT2D eigenvalue weighted by molar-refractivity contribution is 0.707. The van der Waals surface area contributed by atoms with Crippen LogP contribution in [-0.2, 0) is 0 Å². The van der Waals surface area contributed by atoms with Crippen LogP contribution in [0.3, 0.4) is 0 Å². The monoisotopic (exact) mass is 190 g/mol. The number of hydrogen-bond acceptors (Lipinski definition) is 2. The molecule has 0 saturated heterocycles. The van der Waals surface area contributed by atoms with Gasteiger partial charge in [-0.15, -0.1) is 11.8 Å². The van der Waals surface area contributed by atoms with E-state index in [0.29, 0.717) is 0 Å². The molecular weight excluding hydrogens is 172 g/mol. The van der Waals surface area contributed by atoms with Crippen LogP contribution in [0.1, 0.15) is 46.0 Å². The number of thioether (sulfide) groups is 1. The zero-order chi connectivity index (χ0) is 8.53. The summed E-state index contributed by atoms with van der Waals surface area (Å²) in [5.74, 6) is 1.23. The van der Waals surface area contributed by atoms with E-state index in [1.54, 1.807) is 0 Å². The quantitative estimate of drug-likeness (QED) is 0.458. The Bertz CT molecular complexity index is 99.7. The Hall–Kier alpha value is 0.440. The van der Waals surface area contributed by atoms with Gasteiger partial charge in [0, 0.05) is 4.20 Å². The minimum absolute atomic E-state index is 1.05. The maximum Gasteiger partial charge on any atom is 0.0475 e. The van der Waals surface area contributed by atoms with Gasteiger partial charge in [-0.1, -0.05) is 45.3 Å². The molecule has 0 aromatic heterocycles. The van der Waals surface area contributed by atoms with E-state index in [4.69, 9.17) is 12.2 Å². The van der Waals surface area contributed by atoms with Gasteiger partial charge in [-0.2, -0.15) is 0 Å². The van der Waals surface area contributed by atoms with Crippen LogP contribution in [0.15, 0.2) is 0 Å². The molecule has 0 amide bonds. The molecule has 0 nitrogen and oxygen atoms in total. The zero-order valence-corrected chi connectivity index (χ0v) is 9.19. The minimum atomic E-state index is 1.05. The second kappa shape index (κ2) is 8.54. The summed E-state index contributed by atoms with van der Waals surface area (Å²) in [4.78, 5) is 0. The molecule has 0 heterocycles. The Morgan fingerprint density at radius 1 is 1.18 bits per heavy atom. The van der Waals surface area contributed by atoms with Gasteiger partial charge in [0.05, 0.1) is 0 Å². The van der Waals surface area contributed by atoms with E-state index in [-0.39, 0.29) is 0 Å². The van der Waals surface area contributed by atoms with Crippen LogP contribution in [0.4, 0.5) is 0 Å². The summed E-state index contributed by atoms with van der Waals surface area (Å²) in [5, 5.41) is 0. The predicted molar refractivity (Wildman–Crippen MR) is 59.5 cm³/mol. The largest absolute Gasteiger partial charge is 0.119 e. The van der Waals surface area contributed by atoms with Gasteiger partial charge in [-0.05, 0) is 18.6 Å². The Kier molecular flexibility index (Phi) is 8.88. The fourth-order valence-corrected chi connectivity index (χ4v) is 1.85. The molecule has 66 valence electrons. The molecule has 0 fully saturated rings. The van der Waals surface area contributed by atoms with Crippen LogP contribution in [0.25, 0.3) is 0 Å². The Morgan fingerprint density at radius 3 is 2.45 bits per heavy atom. The van der Waals surface area contributed by atoms with E-state index >= 15 is 0 Å². The van der Waals surface area contributed by atoms with Crippen LogP contribution in [0.2, 0.25) is 0 Å². The maximum atomic E-state index is 5.10. The van der Waals surface area contributed by atoms with Gasteiger partial charge in [0.2, 0.25) is 0 Å². The summed E-state index contributed by atoms with van der Waals surface area (Å²) in [6.07, 6.45) is 6.45. The van der Waals surface area contributed by atoms with Crippen LogP contribution >= 0.6 is 24.0 Å². The molecule has 0 atom stereocenters. The lowest BCUT2D eigenvalue weighted by atomic mass is 10.2. The average molecular weight is 190 g/mol. The highest BCUT2D eigenvalue weighted by Crippen LogP contribution is 2.11. The third-order valence-corrected chi connectivity index (χ3v) is 3.30. The SMILES string of the molecule is CCCCCCSC(=S)CC. The number of hydrogen-bond donors (Lipinski definition) is 0. The number of unbranched alkanes of at least 4 members (excludes halogenated alkanes) is 3. The highest BCUT2D eigenvalue weighted by Gasteiger charge is 1.93. The fourth-order valence-electron chi connectivity index (χ4n) is 0.817. The van der Waals surface area contributed by atoms with E-state index < -0.39 is 0 Å². The topological polar surface area (TPSA) is 0 Å². The van der Waals surface area contributed by atoms with Crippen molar-refractivity contribution in [3.8, 4) is 0 Å². The second-order valence-corrected chi connectivity index (χ2v) is 4.58. The van der Waals surface area contributed by atoms with Crippen LogP contribution in [0.5, 0.6) is 0 Å². The number of rotatable bonds is 6. The van der Waals surface area contributed by atoms with Crippen molar-refractivity contribution in [2.24, 2.45) is 0 Å². The summed E-state index contributed by atoms with van der Waals surface area (Å²) >= 11 is 6.95. The van der Waals surface area contributed by atoms with E-state index in [1.165, 1.54) is 35.6 Å². The molecule has 0 radical (unpaired) electrons. The van der Waals surface area contributed by atoms with Crippen molar-refractivity contribution >= 4 is 28.2 Å². The van der Waals surface area contributed by atoms with Crippen LogP contribution < -0.4 is 0 Å². The normalized spacial score (nSPS) is 10.0. The molecule has 11 heavy (non-hydrogen) atoms. The summed E-state index contributed by atoms with van der Waals surface area (Å²) in [5.41, 5.74) is 0. The average Bonchev–Trinajstić information content (AvgIpc) is 2.04. The van der Waals surface area contributed by atoms with Crippen molar-refractivity contribution in [2.75, 3.05) is 5.75 Å². The molecule has 0 aliphatic rings. The zero-order valence-electron chi connectivity index (χ0n) is 7.56. The molecule has 0 aromatic carbocycles. The van der Waals surface area contributed by atoms with Crippen LogP contribution in [0, 0.1) is 0 Å². The van der Waals surface area contributed by atoms with E-state index in [1.807, 2.05) is 11.8 Å². The van der Waals surface area contributed by atoms with Gasteiger partial charge in [-0.3, -0.25) is 0 Å². The second-order valence-electron chi connectivity index (χ2n) is 2.63. The molecule has 0 aromatic rings. The van der Waals surface area contributed by atoms with Gasteiger partial charge in [0.1, 0.15) is 0 Å². The fraction of sp³-hybridized carbons (Fsp3) is 0.889. The van der Waals surface area contributed by atoms with Crippen molar-refractivity contribution in [1.82, 2.24) is 0 Å². The molecule has 0 N–H and O–H groups in total. The smallest absolute Gasteiger partial charge is 0.0475 e. The highest BCUT2D eigenvalue weighted by molar-refractivity contribution is 8.23. The van der Waals surface area contributed by atoms with Crippen molar-refractivity contribution < 1.29 is 0 Å². The first kappa shape index (κ1) is 11.4. The lowest BCUT2D eigenvalue weighted by Gasteiger charge is -1.99. The van der Waals surface area contributed by atoms with E-state index in [2.05, 4.69) is 13.8 Å². The number of thiocarbonyl (C=S) groups is 1. The third kappa shape index (κ3) is 8.35. The minimum Gasteiger partial charge on any atom is -0.119 e. The van der Waals surface area contributed by atoms with Gasteiger partial charge in [-0.25, -0.2) is 0 Å². The maximum absolute atomic E-state index is 5.10. The van der Waals surface area contributed by atoms with Gasteiger partial charge in [0.15, 0.2) is 0 Å². The summed E-state index contributed by atoms with van der Waals surface area (Å²) in [6.45, 7) is 4.37. The van der Waals surface area contributed by atoms with Gasteiger partial charge in [0.25, 0.3) is 0 Å². The first-order valence-electron chi connectivity index (χ1n) is 4.46. The van der Waals surface area contributed by atoms with E-state index in [0.717, 1.165) is 6.42 Å². The summed E-state index contributed by atoms with van der Waals surface area (Å²) in [6, 6.07) is 0. The predicted octanol–water partition coefficient (Wildman–Crippen LogP) is 4.04. The van der Waals surface area contributed by atoms with E-state index in [9.17, 15) is 0 Å². The molecule has 2 heteroatoms. The highest BCUT2D eigenvalue weighted by atomic mass is 32.2. The molecular formula is C9H18S2.